The predicted octanol–water partition coefficient (Wildman–Crippen LogP) is 2.46. The number of nitrogens with zero attached hydrogens (tertiary/aromatic N) is 3. The molecule has 0 aliphatic carbocycles. The van der Waals surface area contributed by atoms with Crippen LogP contribution in [0.5, 0.6) is 0 Å². The molecule has 1 aliphatic heterocycles. The topological polar surface area (TPSA) is 38.1 Å². The first-order chi connectivity index (χ1) is 9.66. The Balaban J connectivity index is 1.96. The third-order valence-electron chi connectivity index (χ3n) is 3.74. The SMILES string of the molecule is CC(c1ccccc1-n1cccn1)N1CC(S)CC1=O. The molecule has 0 bridgehead atoms. The summed E-state index contributed by atoms with van der Waals surface area (Å²) in [6.45, 7) is 2.77. The quantitative estimate of drug-likeness (QED) is 0.881. The molecule has 4 nitrogen and oxygen atoms in total. The van der Waals surface area contributed by atoms with Gasteiger partial charge in [0.25, 0.3) is 0 Å². The number of hydrogen-bond donors (Lipinski definition) is 1. The summed E-state index contributed by atoms with van der Waals surface area (Å²) in [7, 11) is 0. The standard InChI is InChI=1S/C15H17N3OS/c1-11(17-10-12(20)9-15(17)19)13-5-2-3-6-14(13)18-8-4-7-16-18/h2-8,11-12,20H,9-10H2,1H3. The molecule has 0 N–H and O–H groups in total. The molecule has 0 spiro atoms. The number of carbonyl (C=O) groups is 1. The van der Waals surface area contributed by atoms with E-state index >= 15 is 0 Å². The Bertz CT molecular complexity index is 611. The van der Waals surface area contributed by atoms with Crippen LogP contribution in [0.25, 0.3) is 5.69 Å². The molecule has 20 heavy (non-hydrogen) atoms. The summed E-state index contributed by atoms with van der Waals surface area (Å²) in [5, 5.41) is 4.43. The van der Waals surface area contributed by atoms with Crippen LogP contribution in [0.3, 0.4) is 0 Å². The number of thiol groups is 1. The molecular formula is C15H17N3OS. The third kappa shape index (κ3) is 2.33. The average molecular weight is 287 g/mol. The van der Waals surface area contributed by atoms with E-state index < -0.39 is 0 Å². The smallest absolute Gasteiger partial charge is 0.224 e. The second-order valence-electron chi connectivity index (χ2n) is 5.09. The van der Waals surface area contributed by atoms with Crippen molar-refractivity contribution in [3.63, 3.8) is 0 Å². The van der Waals surface area contributed by atoms with Crippen LogP contribution in [0.15, 0.2) is 42.7 Å². The molecule has 1 aromatic carbocycles. The molecule has 1 aromatic heterocycles. The highest BCUT2D eigenvalue weighted by Gasteiger charge is 2.32. The average Bonchev–Trinajstić information content (AvgIpc) is 3.07. The zero-order chi connectivity index (χ0) is 14.1. The number of hydrogen-bond acceptors (Lipinski definition) is 3. The van der Waals surface area contributed by atoms with Gasteiger partial charge in [-0.2, -0.15) is 17.7 Å². The first kappa shape index (κ1) is 13.2. The van der Waals surface area contributed by atoms with Crippen molar-refractivity contribution in [2.75, 3.05) is 6.54 Å². The molecule has 2 heterocycles. The van der Waals surface area contributed by atoms with Crippen LogP contribution < -0.4 is 0 Å². The number of benzene rings is 1. The maximum absolute atomic E-state index is 12.1. The van der Waals surface area contributed by atoms with E-state index in [1.165, 1.54) is 0 Å². The van der Waals surface area contributed by atoms with Crippen LogP contribution in [0, 0.1) is 0 Å². The number of rotatable bonds is 3. The zero-order valence-electron chi connectivity index (χ0n) is 11.3. The minimum atomic E-state index is 0.0278. The highest BCUT2D eigenvalue weighted by molar-refractivity contribution is 7.81. The normalized spacial score (nSPS) is 20.4. The molecule has 3 rings (SSSR count). The fourth-order valence-corrected chi connectivity index (χ4v) is 3.05. The van der Waals surface area contributed by atoms with Crippen molar-refractivity contribution in [2.24, 2.45) is 0 Å². The van der Waals surface area contributed by atoms with Crippen LogP contribution in [0.1, 0.15) is 24.9 Å². The molecule has 1 saturated heterocycles. The second kappa shape index (κ2) is 5.32. The van der Waals surface area contributed by atoms with Crippen molar-refractivity contribution in [1.82, 2.24) is 14.7 Å². The van der Waals surface area contributed by atoms with E-state index in [1.807, 2.05) is 40.0 Å². The molecule has 104 valence electrons. The van der Waals surface area contributed by atoms with Gasteiger partial charge in [-0.1, -0.05) is 18.2 Å². The maximum atomic E-state index is 12.1. The van der Waals surface area contributed by atoms with Gasteiger partial charge in [0, 0.05) is 36.2 Å². The number of likely N-dealkylation sites (tertiary alicyclic amines) is 1. The summed E-state index contributed by atoms with van der Waals surface area (Å²) in [6, 6.07) is 9.99. The van der Waals surface area contributed by atoms with Crippen molar-refractivity contribution < 1.29 is 4.79 Å². The Labute approximate surface area is 123 Å². The van der Waals surface area contributed by atoms with Gasteiger partial charge in [0.05, 0.1) is 11.7 Å². The molecule has 2 atom stereocenters. The van der Waals surface area contributed by atoms with E-state index in [0.717, 1.165) is 11.3 Å². The fourth-order valence-electron chi connectivity index (χ4n) is 2.71. The van der Waals surface area contributed by atoms with Gasteiger partial charge in [0.1, 0.15) is 0 Å². The minimum absolute atomic E-state index is 0.0278. The van der Waals surface area contributed by atoms with E-state index in [4.69, 9.17) is 0 Å². The summed E-state index contributed by atoms with van der Waals surface area (Å²) in [6.07, 6.45) is 4.20. The molecular weight excluding hydrogens is 270 g/mol. The molecule has 2 aromatic rings. The van der Waals surface area contributed by atoms with Crippen molar-refractivity contribution in [2.45, 2.75) is 24.6 Å². The summed E-state index contributed by atoms with van der Waals surface area (Å²) in [5.41, 5.74) is 2.12. The van der Waals surface area contributed by atoms with Gasteiger partial charge in [0.2, 0.25) is 5.91 Å². The molecule has 1 aliphatic rings. The Kier molecular flexibility index (Phi) is 3.53. The minimum Gasteiger partial charge on any atom is -0.335 e. The Morgan fingerprint density at radius 1 is 1.35 bits per heavy atom. The first-order valence-electron chi connectivity index (χ1n) is 6.73. The van der Waals surface area contributed by atoms with E-state index in [2.05, 4.69) is 30.7 Å². The molecule has 2 unspecified atom stereocenters. The second-order valence-corrected chi connectivity index (χ2v) is 5.82. The number of carbonyl (C=O) groups excluding carboxylic acids is 1. The largest absolute Gasteiger partial charge is 0.335 e. The number of amides is 1. The molecule has 5 heteroatoms. The monoisotopic (exact) mass is 287 g/mol. The van der Waals surface area contributed by atoms with Crippen LogP contribution in [0.2, 0.25) is 0 Å². The van der Waals surface area contributed by atoms with E-state index in [0.29, 0.717) is 13.0 Å². The Morgan fingerprint density at radius 3 is 2.80 bits per heavy atom. The van der Waals surface area contributed by atoms with E-state index in [1.54, 1.807) is 6.20 Å². The lowest BCUT2D eigenvalue weighted by Crippen LogP contribution is -2.29. The molecule has 1 fully saturated rings. The molecule has 0 saturated carbocycles. The van der Waals surface area contributed by atoms with Crippen molar-refractivity contribution >= 4 is 18.5 Å². The molecule has 0 radical (unpaired) electrons. The van der Waals surface area contributed by atoms with E-state index in [-0.39, 0.29) is 17.2 Å². The van der Waals surface area contributed by atoms with Gasteiger partial charge in [-0.3, -0.25) is 4.79 Å². The van der Waals surface area contributed by atoms with Crippen molar-refractivity contribution in [1.29, 1.82) is 0 Å². The number of para-hydroxylation sites is 1. The lowest BCUT2D eigenvalue weighted by atomic mass is 10.0. The lowest BCUT2D eigenvalue weighted by molar-refractivity contribution is -0.129. The van der Waals surface area contributed by atoms with Gasteiger partial charge < -0.3 is 4.90 Å². The van der Waals surface area contributed by atoms with Gasteiger partial charge >= 0.3 is 0 Å². The third-order valence-corrected chi connectivity index (χ3v) is 4.09. The summed E-state index contributed by atoms with van der Waals surface area (Å²) < 4.78 is 1.84. The van der Waals surface area contributed by atoms with E-state index in [9.17, 15) is 4.79 Å². The highest BCUT2D eigenvalue weighted by Crippen LogP contribution is 2.30. The number of aromatic nitrogens is 2. The van der Waals surface area contributed by atoms with Gasteiger partial charge in [0.15, 0.2) is 0 Å². The first-order valence-corrected chi connectivity index (χ1v) is 7.25. The summed E-state index contributed by atoms with van der Waals surface area (Å²) >= 11 is 4.42. The van der Waals surface area contributed by atoms with Crippen LogP contribution in [0.4, 0.5) is 0 Å². The lowest BCUT2D eigenvalue weighted by Gasteiger charge is -2.26. The molecule has 1 amide bonds. The van der Waals surface area contributed by atoms with Gasteiger partial charge in [-0.05, 0) is 19.1 Å². The zero-order valence-corrected chi connectivity index (χ0v) is 12.2. The van der Waals surface area contributed by atoms with Crippen LogP contribution in [-0.2, 0) is 4.79 Å². The van der Waals surface area contributed by atoms with Gasteiger partial charge in [-0.15, -0.1) is 0 Å². The predicted molar refractivity (Wildman–Crippen MR) is 81.1 cm³/mol. The fraction of sp³-hybridized carbons (Fsp3) is 0.333. The van der Waals surface area contributed by atoms with Crippen molar-refractivity contribution in [3.05, 3.63) is 48.3 Å². The van der Waals surface area contributed by atoms with Crippen LogP contribution in [-0.4, -0.2) is 32.4 Å². The van der Waals surface area contributed by atoms with Crippen molar-refractivity contribution in [3.8, 4) is 5.69 Å². The Hall–Kier alpha value is -1.75. The highest BCUT2D eigenvalue weighted by atomic mass is 32.1. The Morgan fingerprint density at radius 2 is 2.15 bits per heavy atom. The van der Waals surface area contributed by atoms with Crippen LogP contribution >= 0.6 is 12.6 Å². The maximum Gasteiger partial charge on any atom is 0.224 e. The summed E-state index contributed by atoms with van der Waals surface area (Å²) in [5.74, 6) is 0.174. The van der Waals surface area contributed by atoms with Gasteiger partial charge in [-0.25, -0.2) is 4.68 Å². The summed E-state index contributed by atoms with van der Waals surface area (Å²) in [4.78, 5) is 14.0.